The second-order valence-electron chi connectivity index (χ2n) is 5.38. The van der Waals surface area contributed by atoms with Gasteiger partial charge in [0.15, 0.2) is 0 Å². The maximum absolute atomic E-state index is 11.2. The van der Waals surface area contributed by atoms with Crippen LogP contribution in [0, 0.1) is 13.8 Å². The van der Waals surface area contributed by atoms with Gasteiger partial charge >= 0.3 is 5.97 Å². The summed E-state index contributed by atoms with van der Waals surface area (Å²) >= 11 is 0. The number of nitrogens with zero attached hydrogens (tertiary/aromatic N) is 3. The molecule has 0 radical (unpaired) electrons. The van der Waals surface area contributed by atoms with E-state index in [2.05, 4.69) is 15.0 Å². The van der Waals surface area contributed by atoms with E-state index in [0.29, 0.717) is 6.42 Å². The van der Waals surface area contributed by atoms with Crippen LogP contribution in [-0.4, -0.2) is 58.3 Å². The molecule has 2 heterocycles. The third-order valence-electron chi connectivity index (χ3n) is 4.08. The number of piperazine rings is 1. The van der Waals surface area contributed by atoms with Crippen molar-refractivity contribution in [2.75, 3.05) is 26.2 Å². The number of aromatic nitrogens is 1. The molecular weight excluding hydrogens is 258 g/mol. The van der Waals surface area contributed by atoms with Gasteiger partial charge in [0.05, 0.1) is 5.69 Å². The molecule has 1 aliphatic heterocycles. The molecule has 1 aromatic rings. The summed E-state index contributed by atoms with van der Waals surface area (Å²) in [5.41, 5.74) is 2.10. The molecule has 0 amide bonds. The molecule has 1 fully saturated rings. The van der Waals surface area contributed by atoms with Crippen LogP contribution in [0.15, 0.2) is 4.52 Å². The van der Waals surface area contributed by atoms with Crippen molar-refractivity contribution in [2.45, 2.75) is 39.8 Å². The van der Waals surface area contributed by atoms with Gasteiger partial charge in [0, 0.05) is 38.3 Å². The number of carbonyl (C=O) groups is 1. The number of aryl methyl sites for hydroxylation is 2. The van der Waals surface area contributed by atoms with Crippen LogP contribution in [0.25, 0.3) is 0 Å². The van der Waals surface area contributed by atoms with Gasteiger partial charge in [0.2, 0.25) is 0 Å². The van der Waals surface area contributed by atoms with Crippen LogP contribution in [0.3, 0.4) is 0 Å². The van der Waals surface area contributed by atoms with Crippen molar-refractivity contribution >= 4 is 5.97 Å². The van der Waals surface area contributed by atoms with Crippen molar-refractivity contribution < 1.29 is 14.4 Å². The van der Waals surface area contributed by atoms with E-state index in [1.165, 1.54) is 0 Å². The van der Waals surface area contributed by atoms with Gasteiger partial charge in [-0.25, -0.2) is 0 Å². The average molecular weight is 281 g/mol. The Hall–Kier alpha value is -1.40. The molecule has 1 aromatic heterocycles. The van der Waals surface area contributed by atoms with E-state index in [9.17, 15) is 9.90 Å². The Kier molecular flexibility index (Phi) is 4.77. The lowest BCUT2D eigenvalue weighted by molar-refractivity contribution is -0.144. The molecule has 20 heavy (non-hydrogen) atoms. The fourth-order valence-corrected chi connectivity index (χ4v) is 2.77. The van der Waals surface area contributed by atoms with Crippen molar-refractivity contribution in [1.82, 2.24) is 15.0 Å². The Morgan fingerprint density at radius 1 is 1.35 bits per heavy atom. The maximum atomic E-state index is 11.2. The Morgan fingerprint density at radius 2 is 2.00 bits per heavy atom. The van der Waals surface area contributed by atoms with E-state index in [0.717, 1.165) is 49.7 Å². The molecule has 1 N–H and O–H groups in total. The number of carboxylic acid groups (broad SMARTS) is 1. The Morgan fingerprint density at radius 3 is 2.45 bits per heavy atom. The fraction of sp³-hybridized carbons (Fsp3) is 0.714. The van der Waals surface area contributed by atoms with Gasteiger partial charge in [0.25, 0.3) is 0 Å². The van der Waals surface area contributed by atoms with Gasteiger partial charge in [-0.2, -0.15) is 0 Å². The highest BCUT2D eigenvalue weighted by Gasteiger charge is 2.27. The Labute approximate surface area is 119 Å². The van der Waals surface area contributed by atoms with E-state index in [1.807, 2.05) is 20.8 Å². The average Bonchev–Trinajstić information content (AvgIpc) is 2.73. The van der Waals surface area contributed by atoms with Crippen molar-refractivity contribution in [1.29, 1.82) is 0 Å². The number of hydrogen-bond acceptors (Lipinski definition) is 5. The summed E-state index contributed by atoms with van der Waals surface area (Å²) in [6.45, 7) is 10.0. The number of carboxylic acids is 1. The van der Waals surface area contributed by atoms with Crippen LogP contribution in [0.1, 0.15) is 30.4 Å². The Balaban J connectivity index is 1.90. The van der Waals surface area contributed by atoms with Gasteiger partial charge in [-0.1, -0.05) is 12.1 Å². The zero-order valence-corrected chi connectivity index (χ0v) is 12.4. The predicted molar refractivity (Wildman–Crippen MR) is 74.5 cm³/mol. The summed E-state index contributed by atoms with van der Waals surface area (Å²) in [6, 6.07) is -0.351. The third kappa shape index (κ3) is 3.19. The molecule has 6 nitrogen and oxygen atoms in total. The molecule has 0 saturated carbocycles. The largest absolute Gasteiger partial charge is 0.480 e. The van der Waals surface area contributed by atoms with E-state index < -0.39 is 5.97 Å². The summed E-state index contributed by atoms with van der Waals surface area (Å²) < 4.78 is 5.18. The van der Waals surface area contributed by atoms with Crippen LogP contribution in [-0.2, 0) is 11.3 Å². The quantitative estimate of drug-likeness (QED) is 0.876. The summed E-state index contributed by atoms with van der Waals surface area (Å²) in [5, 5.41) is 13.2. The molecule has 1 atom stereocenters. The lowest BCUT2D eigenvalue weighted by Gasteiger charge is -2.37. The first-order chi connectivity index (χ1) is 9.52. The normalized spacial score (nSPS) is 19.1. The molecule has 6 heteroatoms. The van der Waals surface area contributed by atoms with Crippen molar-refractivity contribution in [3.8, 4) is 0 Å². The molecule has 2 rings (SSSR count). The SMILES string of the molecule is CC[C@H](C(=O)O)N1CCN(Cc2c(C)noc2C)CC1. The minimum absolute atomic E-state index is 0.351. The zero-order valence-electron chi connectivity index (χ0n) is 12.4. The lowest BCUT2D eigenvalue weighted by atomic mass is 10.1. The molecule has 0 aliphatic carbocycles. The van der Waals surface area contributed by atoms with E-state index in [4.69, 9.17) is 4.52 Å². The fourth-order valence-electron chi connectivity index (χ4n) is 2.77. The summed E-state index contributed by atoms with van der Waals surface area (Å²) in [6.07, 6.45) is 0.652. The summed E-state index contributed by atoms with van der Waals surface area (Å²) in [4.78, 5) is 15.6. The smallest absolute Gasteiger partial charge is 0.320 e. The molecular formula is C14H23N3O3. The standard InChI is InChI=1S/C14H23N3O3/c1-4-13(14(18)19)17-7-5-16(6-8-17)9-12-10(2)15-20-11(12)3/h13H,4-9H2,1-3H3,(H,18,19)/t13-/m1/s1. The van der Waals surface area contributed by atoms with E-state index in [-0.39, 0.29) is 6.04 Å². The molecule has 1 saturated heterocycles. The highest BCUT2D eigenvalue weighted by molar-refractivity contribution is 5.73. The lowest BCUT2D eigenvalue weighted by Crippen LogP contribution is -2.52. The first-order valence-corrected chi connectivity index (χ1v) is 7.13. The minimum atomic E-state index is -0.716. The predicted octanol–water partition coefficient (Wildman–Crippen LogP) is 1.27. The van der Waals surface area contributed by atoms with E-state index >= 15 is 0 Å². The maximum Gasteiger partial charge on any atom is 0.320 e. The van der Waals surface area contributed by atoms with Crippen molar-refractivity contribution in [3.05, 3.63) is 17.0 Å². The zero-order chi connectivity index (χ0) is 14.7. The van der Waals surface area contributed by atoms with Crippen LogP contribution in [0.4, 0.5) is 0 Å². The number of rotatable bonds is 5. The van der Waals surface area contributed by atoms with Gasteiger partial charge in [-0.05, 0) is 20.3 Å². The first kappa shape index (κ1) is 15.0. The molecule has 0 bridgehead atoms. The Bertz CT molecular complexity index is 445. The minimum Gasteiger partial charge on any atom is -0.480 e. The summed E-state index contributed by atoms with van der Waals surface area (Å²) in [5.74, 6) is 0.161. The summed E-state index contributed by atoms with van der Waals surface area (Å²) in [7, 11) is 0. The van der Waals surface area contributed by atoms with Crippen LogP contribution in [0.5, 0.6) is 0 Å². The molecule has 0 unspecified atom stereocenters. The van der Waals surface area contributed by atoms with Crippen molar-refractivity contribution in [3.63, 3.8) is 0 Å². The van der Waals surface area contributed by atoms with Crippen LogP contribution >= 0.6 is 0 Å². The number of aliphatic carboxylic acids is 1. The van der Waals surface area contributed by atoms with Gasteiger partial charge in [-0.3, -0.25) is 14.6 Å². The van der Waals surface area contributed by atoms with Crippen molar-refractivity contribution in [2.24, 2.45) is 0 Å². The van der Waals surface area contributed by atoms with Crippen LogP contribution in [0.2, 0.25) is 0 Å². The molecule has 0 aromatic carbocycles. The highest BCUT2D eigenvalue weighted by Crippen LogP contribution is 2.17. The topological polar surface area (TPSA) is 69.8 Å². The monoisotopic (exact) mass is 281 g/mol. The highest BCUT2D eigenvalue weighted by atomic mass is 16.5. The second-order valence-corrected chi connectivity index (χ2v) is 5.38. The first-order valence-electron chi connectivity index (χ1n) is 7.13. The third-order valence-corrected chi connectivity index (χ3v) is 4.08. The van der Waals surface area contributed by atoms with Gasteiger partial charge in [0.1, 0.15) is 11.8 Å². The molecule has 112 valence electrons. The molecule has 0 spiro atoms. The van der Waals surface area contributed by atoms with Gasteiger partial charge < -0.3 is 9.63 Å². The number of hydrogen-bond donors (Lipinski definition) is 1. The van der Waals surface area contributed by atoms with Crippen LogP contribution < -0.4 is 0 Å². The van der Waals surface area contributed by atoms with Gasteiger partial charge in [-0.15, -0.1) is 0 Å². The molecule has 1 aliphatic rings. The second kappa shape index (κ2) is 6.37. The van der Waals surface area contributed by atoms with E-state index in [1.54, 1.807) is 0 Å².